The fourth-order valence-electron chi connectivity index (χ4n) is 1.24. The van der Waals surface area contributed by atoms with Crippen LogP contribution in [0, 0.1) is 0 Å². The minimum absolute atomic E-state index is 0.0932. The van der Waals surface area contributed by atoms with Crippen molar-refractivity contribution in [3.8, 4) is 0 Å². The third kappa shape index (κ3) is 4.61. The highest BCUT2D eigenvalue weighted by Crippen LogP contribution is 2.12. The minimum Gasteiger partial charge on any atom is -0.502 e. The lowest BCUT2D eigenvalue weighted by Gasteiger charge is -2.18. The Morgan fingerprint density at radius 1 is 1.32 bits per heavy atom. The van der Waals surface area contributed by atoms with Gasteiger partial charge in [0, 0.05) is 5.02 Å². The van der Waals surface area contributed by atoms with Crippen molar-refractivity contribution in [2.45, 2.75) is 6.54 Å². The Hall–Kier alpha value is -2.05. The largest absolute Gasteiger partial charge is 0.502 e. The normalized spacial score (nSPS) is 11.2. The maximum atomic E-state index is 11.6. The highest BCUT2D eigenvalue weighted by Gasteiger charge is 2.15. The first-order chi connectivity index (χ1) is 8.93. The summed E-state index contributed by atoms with van der Waals surface area (Å²) in [5.41, 5.74) is 0.739. The number of aliphatic hydroxyl groups is 1. The second-order valence-electron chi connectivity index (χ2n) is 3.52. The van der Waals surface area contributed by atoms with Crippen molar-refractivity contribution in [3.05, 3.63) is 46.7 Å². The number of carboxylic acids is 1. The van der Waals surface area contributed by atoms with Crippen LogP contribution in [0.2, 0.25) is 5.02 Å². The molecule has 19 heavy (non-hydrogen) atoms. The van der Waals surface area contributed by atoms with Crippen LogP contribution in [0.15, 0.2) is 36.1 Å². The lowest BCUT2D eigenvalue weighted by molar-refractivity contribution is -0.173. The Morgan fingerprint density at radius 2 is 1.89 bits per heavy atom. The summed E-state index contributed by atoms with van der Waals surface area (Å²) >= 11 is 5.73. The zero-order valence-corrected chi connectivity index (χ0v) is 10.8. The van der Waals surface area contributed by atoms with E-state index in [1.165, 1.54) is 7.11 Å². The highest BCUT2D eigenvalue weighted by molar-refractivity contribution is 6.30. The molecule has 0 aliphatic heterocycles. The number of benzene rings is 1. The van der Waals surface area contributed by atoms with Gasteiger partial charge in [0.05, 0.1) is 19.7 Å². The summed E-state index contributed by atoms with van der Waals surface area (Å²) in [5.74, 6) is -3.42. The van der Waals surface area contributed by atoms with Crippen molar-refractivity contribution >= 4 is 23.5 Å². The molecule has 0 saturated heterocycles. The zero-order chi connectivity index (χ0) is 14.4. The summed E-state index contributed by atoms with van der Waals surface area (Å²) < 4.78 is 0. The Balaban J connectivity index is 2.78. The van der Waals surface area contributed by atoms with Gasteiger partial charge >= 0.3 is 5.97 Å². The van der Waals surface area contributed by atoms with Gasteiger partial charge in [0.2, 0.25) is 5.76 Å². The zero-order valence-electron chi connectivity index (χ0n) is 10.0. The van der Waals surface area contributed by atoms with Gasteiger partial charge in [-0.05, 0) is 17.7 Å². The van der Waals surface area contributed by atoms with Gasteiger partial charge in [0.15, 0.2) is 0 Å². The third-order valence-electron chi connectivity index (χ3n) is 2.18. The number of rotatable bonds is 5. The average molecular weight is 286 g/mol. The molecule has 1 rings (SSSR count). The summed E-state index contributed by atoms with van der Waals surface area (Å²) in [5, 5.41) is 18.9. The predicted molar refractivity (Wildman–Crippen MR) is 67.4 cm³/mol. The van der Waals surface area contributed by atoms with E-state index in [1.54, 1.807) is 24.3 Å². The third-order valence-corrected chi connectivity index (χ3v) is 2.44. The van der Waals surface area contributed by atoms with Crippen LogP contribution in [-0.2, 0) is 21.0 Å². The smallest absolute Gasteiger partial charge is 0.371 e. The van der Waals surface area contributed by atoms with Crippen LogP contribution in [-0.4, -0.2) is 34.3 Å². The molecular formula is C12H12ClNO5. The van der Waals surface area contributed by atoms with Crippen molar-refractivity contribution in [2.24, 2.45) is 0 Å². The SMILES string of the molecule is CON(Cc1ccc(Cl)cc1)C(=O)/C=C(\O)C(=O)O. The molecule has 0 saturated carbocycles. The molecule has 0 unspecified atom stereocenters. The highest BCUT2D eigenvalue weighted by atomic mass is 35.5. The Bertz CT molecular complexity index is 497. The molecule has 0 radical (unpaired) electrons. The van der Waals surface area contributed by atoms with E-state index in [0.29, 0.717) is 11.1 Å². The number of amides is 1. The average Bonchev–Trinajstić information content (AvgIpc) is 2.37. The van der Waals surface area contributed by atoms with Gasteiger partial charge in [-0.15, -0.1) is 0 Å². The summed E-state index contributed by atoms with van der Waals surface area (Å²) in [6.07, 6.45) is 0.571. The van der Waals surface area contributed by atoms with Gasteiger partial charge in [0.1, 0.15) is 0 Å². The molecule has 0 heterocycles. The number of carbonyl (C=O) groups is 2. The van der Waals surface area contributed by atoms with E-state index in [0.717, 1.165) is 10.6 Å². The van der Waals surface area contributed by atoms with Gasteiger partial charge in [-0.3, -0.25) is 9.63 Å². The Labute approximate surface area is 114 Å². The Morgan fingerprint density at radius 3 is 2.37 bits per heavy atom. The predicted octanol–water partition coefficient (Wildman–Crippen LogP) is 1.76. The molecule has 1 amide bonds. The van der Waals surface area contributed by atoms with E-state index in [9.17, 15) is 9.59 Å². The molecule has 102 valence electrons. The van der Waals surface area contributed by atoms with Crippen molar-refractivity contribution in [3.63, 3.8) is 0 Å². The fourth-order valence-corrected chi connectivity index (χ4v) is 1.36. The van der Waals surface area contributed by atoms with Crippen LogP contribution in [0.4, 0.5) is 0 Å². The number of aliphatic carboxylic acids is 1. The summed E-state index contributed by atoms with van der Waals surface area (Å²) in [7, 11) is 1.26. The first kappa shape index (κ1) is 15.0. The number of halogens is 1. The molecular weight excluding hydrogens is 274 g/mol. The van der Waals surface area contributed by atoms with Gasteiger partial charge in [0.25, 0.3) is 5.91 Å². The molecule has 0 fully saturated rings. The molecule has 6 nitrogen and oxygen atoms in total. The topological polar surface area (TPSA) is 87.1 Å². The van der Waals surface area contributed by atoms with Gasteiger partial charge < -0.3 is 10.2 Å². The molecule has 0 bridgehead atoms. The van der Waals surface area contributed by atoms with Gasteiger partial charge in [-0.2, -0.15) is 0 Å². The molecule has 2 N–H and O–H groups in total. The van der Waals surface area contributed by atoms with E-state index in [1.807, 2.05) is 0 Å². The summed E-state index contributed by atoms with van der Waals surface area (Å²) in [6.45, 7) is 0.0932. The molecule has 0 aliphatic rings. The monoisotopic (exact) mass is 285 g/mol. The maximum Gasteiger partial charge on any atom is 0.371 e. The molecule has 1 aromatic carbocycles. The van der Waals surface area contributed by atoms with Crippen molar-refractivity contribution in [1.29, 1.82) is 0 Å². The first-order valence-electron chi connectivity index (χ1n) is 5.18. The van der Waals surface area contributed by atoms with Crippen molar-refractivity contribution in [1.82, 2.24) is 5.06 Å². The van der Waals surface area contributed by atoms with E-state index < -0.39 is 17.6 Å². The standard InChI is InChI=1S/C12H12ClNO5/c1-19-14(11(16)6-10(15)12(17)18)7-8-2-4-9(13)5-3-8/h2-6,15H,7H2,1H3,(H,17,18)/b10-6-. The molecule has 1 aromatic rings. The number of hydrogen-bond donors (Lipinski definition) is 2. The van der Waals surface area contributed by atoms with Crippen LogP contribution < -0.4 is 0 Å². The minimum atomic E-state index is -1.59. The van der Waals surface area contributed by atoms with Gasteiger partial charge in [-0.25, -0.2) is 9.86 Å². The van der Waals surface area contributed by atoms with Gasteiger partial charge in [-0.1, -0.05) is 23.7 Å². The van der Waals surface area contributed by atoms with Crippen molar-refractivity contribution < 1.29 is 24.6 Å². The number of nitrogens with zero attached hydrogens (tertiary/aromatic N) is 1. The molecule has 0 aromatic heterocycles. The molecule has 0 aliphatic carbocycles. The van der Waals surface area contributed by atoms with Crippen LogP contribution in [0.5, 0.6) is 0 Å². The first-order valence-corrected chi connectivity index (χ1v) is 5.56. The maximum absolute atomic E-state index is 11.6. The quantitative estimate of drug-likeness (QED) is 0.489. The number of carbonyl (C=O) groups excluding carboxylic acids is 1. The van der Waals surface area contributed by atoms with E-state index in [2.05, 4.69) is 0 Å². The van der Waals surface area contributed by atoms with Crippen molar-refractivity contribution in [2.75, 3.05) is 7.11 Å². The number of hydrogen-bond acceptors (Lipinski definition) is 4. The number of hydroxylamine groups is 2. The summed E-state index contributed by atoms with van der Waals surface area (Å²) in [6, 6.07) is 6.70. The summed E-state index contributed by atoms with van der Waals surface area (Å²) in [4.78, 5) is 26.9. The number of aliphatic hydroxyl groups excluding tert-OH is 1. The molecule has 7 heteroatoms. The van der Waals surface area contributed by atoms with E-state index in [4.69, 9.17) is 26.7 Å². The molecule has 0 atom stereocenters. The van der Waals surface area contributed by atoms with E-state index >= 15 is 0 Å². The van der Waals surface area contributed by atoms with Crippen LogP contribution in [0.25, 0.3) is 0 Å². The fraction of sp³-hybridized carbons (Fsp3) is 0.167. The second-order valence-corrected chi connectivity index (χ2v) is 3.96. The van der Waals surface area contributed by atoms with Crippen LogP contribution in [0.3, 0.4) is 0 Å². The second kappa shape index (κ2) is 6.77. The molecule has 0 spiro atoms. The lowest BCUT2D eigenvalue weighted by Crippen LogP contribution is -2.28. The lowest BCUT2D eigenvalue weighted by atomic mass is 10.2. The van der Waals surface area contributed by atoms with E-state index in [-0.39, 0.29) is 6.54 Å². The Kier molecular flexibility index (Phi) is 5.35. The number of carboxylic acid groups (broad SMARTS) is 1. The van der Waals surface area contributed by atoms with Crippen LogP contribution >= 0.6 is 11.6 Å². The van der Waals surface area contributed by atoms with Crippen LogP contribution in [0.1, 0.15) is 5.56 Å².